The lowest BCUT2D eigenvalue weighted by Gasteiger charge is -2.25. The zero-order valence-corrected chi connectivity index (χ0v) is 43.0. The maximum Gasteiger partial charge on any atom is 0.472 e. The van der Waals surface area contributed by atoms with Crippen molar-refractivity contribution in [2.45, 2.75) is 283 Å². The Morgan fingerprint density at radius 1 is 0.532 bits per heavy atom. The standard InChI is InChI=1S/C53H107N2O6P/c1-6-8-10-12-14-16-18-20-22-24-26-27-29-30-32-34-36-38-40-42-44-46-52(56)51(50-61-62(58,59)60-49-48-55(3,4)5)54-53(57)47-45-43-41-39-37-35-33-31-28-25-23-21-19-17-15-13-11-9-7-2/h44,46,51-52,56H,6-43,45,47-50H2,1-5H3,(H-,54,57,58,59)/p+1/b46-44+. The first-order chi connectivity index (χ1) is 30.0. The third-order valence-corrected chi connectivity index (χ3v) is 13.5. The number of quaternary nitrogens is 1. The van der Waals surface area contributed by atoms with Crippen molar-refractivity contribution < 1.29 is 32.9 Å². The first-order valence-corrected chi connectivity index (χ1v) is 28.6. The summed E-state index contributed by atoms with van der Waals surface area (Å²) in [6, 6.07) is -0.841. The summed E-state index contributed by atoms with van der Waals surface area (Å²) in [4.78, 5) is 23.2. The largest absolute Gasteiger partial charge is 0.472 e. The van der Waals surface area contributed by atoms with Gasteiger partial charge in [-0.3, -0.25) is 13.8 Å². The number of likely N-dealkylation sites (N-methyl/N-ethyl adjacent to an activating group) is 1. The highest BCUT2D eigenvalue weighted by atomic mass is 31.2. The Kier molecular flexibility index (Phi) is 44.8. The number of allylic oxidation sites excluding steroid dienone is 1. The molecule has 9 heteroatoms. The van der Waals surface area contributed by atoms with Crippen LogP contribution in [0.2, 0.25) is 0 Å². The number of hydrogen-bond acceptors (Lipinski definition) is 5. The molecule has 370 valence electrons. The van der Waals surface area contributed by atoms with Crippen LogP contribution in [-0.2, 0) is 18.4 Å². The van der Waals surface area contributed by atoms with Crippen molar-refractivity contribution >= 4 is 13.7 Å². The molecular weight excluding hydrogens is 792 g/mol. The van der Waals surface area contributed by atoms with Gasteiger partial charge in [-0.2, -0.15) is 0 Å². The Morgan fingerprint density at radius 2 is 0.855 bits per heavy atom. The van der Waals surface area contributed by atoms with E-state index in [1.165, 1.54) is 218 Å². The molecule has 0 aromatic carbocycles. The Morgan fingerprint density at radius 3 is 1.19 bits per heavy atom. The summed E-state index contributed by atoms with van der Waals surface area (Å²) < 4.78 is 23.7. The van der Waals surface area contributed by atoms with Gasteiger partial charge in [0.05, 0.1) is 39.9 Å². The Hall–Kier alpha value is -0.760. The summed E-state index contributed by atoms with van der Waals surface area (Å²) in [5.74, 6) is -0.171. The molecule has 0 aliphatic heterocycles. The molecule has 0 aliphatic rings. The third kappa shape index (κ3) is 47.2. The number of phosphoric acid groups is 1. The molecule has 8 nitrogen and oxygen atoms in total. The van der Waals surface area contributed by atoms with Gasteiger partial charge in [0.2, 0.25) is 5.91 Å². The number of amides is 1. The van der Waals surface area contributed by atoms with Crippen molar-refractivity contribution in [3.63, 3.8) is 0 Å². The smallest absolute Gasteiger partial charge is 0.387 e. The van der Waals surface area contributed by atoms with Gasteiger partial charge in [-0.1, -0.05) is 257 Å². The average molecular weight is 900 g/mol. The molecule has 0 aromatic rings. The Labute approximate surface area is 386 Å². The second-order valence-electron chi connectivity index (χ2n) is 20.0. The van der Waals surface area contributed by atoms with Crippen LogP contribution in [0, 0.1) is 0 Å². The summed E-state index contributed by atoms with van der Waals surface area (Å²) in [6.07, 6.45) is 54.4. The summed E-state index contributed by atoms with van der Waals surface area (Å²) in [5.41, 5.74) is 0. The minimum Gasteiger partial charge on any atom is -0.387 e. The van der Waals surface area contributed by atoms with Crippen molar-refractivity contribution in [3.8, 4) is 0 Å². The van der Waals surface area contributed by atoms with Crippen LogP contribution < -0.4 is 5.32 Å². The fourth-order valence-electron chi connectivity index (χ4n) is 8.22. The number of phosphoric ester groups is 1. The van der Waals surface area contributed by atoms with E-state index in [0.717, 1.165) is 32.1 Å². The van der Waals surface area contributed by atoms with E-state index in [1.54, 1.807) is 6.08 Å². The highest BCUT2D eigenvalue weighted by Crippen LogP contribution is 2.43. The summed E-state index contributed by atoms with van der Waals surface area (Å²) in [7, 11) is 1.59. The van der Waals surface area contributed by atoms with Crippen LogP contribution in [0.4, 0.5) is 0 Å². The predicted molar refractivity (Wildman–Crippen MR) is 268 cm³/mol. The fraction of sp³-hybridized carbons (Fsp3) is 0.943. The molecule has 0 aromatic heterocycles. The van der Waals surface area contributed by atoms with Gasteiger partial charge in [0.15, 0.2) is 0 Å². The number of nitrogens with one attached hydrogen (secondary N) is 1. The van der Waals surface area contributed by atoms with E-state index in [1.807, 2.05) is 27.2 Å². The molecule has 62 heavy (non-hydrogen) atoms. The van der Waals surface area contributed by atoms with Gasteiger partial charge in [0.25, 0.3) is 0 Å². The monoisotopic (exact) mass is 900 g/mol. The number of carbonyl (C=O) groups is 1. The van der Waals surface area contributed by atoms with Gasteiger partial charge in [-0.05, 0) is 19.3 Å². The predicted octanol–water partition coefficient (Wildman–Crippen LogP) is 15.9. The lowest BCUT2D eigenvalue weighted by atomic mass is 10.0. The van der Waals surface area contributed by atoms with Crippen LogP contribution in [0.25, 0.3) is 0 Å². The van der Waals surface area contributed by atoms with Crippen molar-refractivity contribution in [1.29, 1.82) is 0 Å². The van der Waals surface area contributed by atoms with Crippen molar-refractivity contribution in [2.24, 2.45) is 0 Å². The third-order valence-electron chi connectivity index (χ3n) is 12.5. The average Bonchev–Trinajstić information content (AvgIpc) is 3.23. The lowest BCUT2D eigenvalue weighted by molar-refractivity contribution is -0.870. The minimum atomic E-state index is -4.34. The number of carbonyl (C=O) groups excluding carboxylic acids is 1. The number of nitrogens with zero attached hydrogens (tertiary/aromatic N) is 1. The topological polar surface area (TPSA) is 105 Å². The van der Waals surface area contributed by atoms with E-state index >= 15 is 0 Å². The highest BCUT2D eigenvalue weighted by molar-refractivity contribution is 7.47. The summed E-state index contributed by atoms with van der Waals surface area (Å²) in [6.45, 7) is 4.86. The van der Waals surface area contributed by atoms with Crippen molar-refractivity contribution in [2.75, 3.05) is 40.9 Å². The highest BCUT2D eigenvalue weighted by Gasteiger charge is 2.27. The molecule has 1 amide bonds. The quantitative estimate of drug-likeness (QED) is 0.0243. The molecule has 0 rings (SSSR count). The SMILES string of the molecule is CCCCCCCCCCCCCCCCCCCCC/C=C/C(O)C(COP(=O)(O)OCC[N+](C)(C)C)NC(=O)CCCCCCCCCCCCCCCCCCCCC. The van der Waals surface area contributed by atoms with E-state index < -0.39 is 20.0 Å². The van der Waals surface area contributed by atoms with E-state index in [2.05, 4.69) is 19.2 Å². The van der Waals surface area contributed by atoms with Gasteiger partial charge in [-0.15, -0.1) is 0 Å². The summed E-state index contributed by atoms with van der Waals surface area (Å²) in [5, 5.41) is 13.9. The van der Waals surface area contributed by atoms with Crippen LogP contribution in [0.1, 0.15) is 271 Å². The van der Waals surface area contributed by atoms with Crippen LogP contribution >= 0.6 is 7.82 Å². The molecule has 0 radical (unpaired) electrons. The molecule has 0 saturated heterocycles. The molecule has 0 spiro atoms. The van der Waals surface area contributed by atoms with Crippen LogP contribution in [0.3, 0.4) is 0 Å². The van der Waals surface area contributed by atoms with Gasteiger partial charge in [-0.25, -0.2) is 4.57 Å². The molecule has 3 N–H and O–H groups in total. The number of hydrogen-bond donors (Lipinski definition) is 3. The van der Waals surface area contributed by atoms with Crippen molar-refractivity contribution in [1.82, 2.24) is 5.32 Å². The zero-order valence-electron chi connectivity index (χ0n) is 42.1. The van der Waals surface area contributed by atoms with E-state index in [-0.39, 0.29) is 19.1 Å². The van der Waals surface area contributed by atoms with Gasteiger partial charge >= 0.3 is 7.82 Å². The van der Waals surface area contributed by atoms with Crippen LogP contribution in [0.5, 0.6) is 0 Å². The van der Waals surface area contributed by atoms with E-state index in [4.69, 9.17) is 9.05 Å². The second kappa shape index (κ2) is 45.4. The molecule has 3 unspecified atom stereocenters. The van der Waals surface area contributed by atoms with Gasteiger partial charge < -0.3 is 19.8 Å². The number of aliphatic hydroxyl groups is 1. The van der Waals surface area contributed by atoms with E-state index in [0.29, 0.717) is 17.4 Å². The number of unbranched alkanes of at least 4 members (excludes halogenated alkanes) is 37. The first kappa shape index (κ1) is 61.2. The van der Waals surface area contributed by atoms with Crippen LogP contribution in [0.15, 0.2) is 12.2 Å². The molecule has 0 fully saturated rings. The first-order valence-electron chi connectivity index (χ1n) is 27.1. The number of aliphatic hydroxyl groups excluding tert-OH is 1. The molecule has 0 heterocycles. The molecule has 0 bridgehead atoms. The maximum absolute atomic E-state index is 12.9. The van der Waals surface area contributed by atoms with Crippen molar-refractivity contribution in [3.05, 3.63) is 12.2 Å². The summed E-state index contributed by atoms with van der Waals surface area (Å²) >= 11 is 0. The van der Waals surface area contributed by atoms with Gasteiger partial charge in [0.1, 0.15) is 13.2 Å². The Balaban J connectivity index is 4.24. The lowest BCUT2D eigenvalue weighted by Crippen LogP contribution is -2.45. The van der Waals surface area contributed by atoms with Gasteiger partial charge in [0, 0.05) is 6.42 Å². The van der Waals surface area contributed by atoms with E-state index in [9.17, 15) is 19.4 Å². The maximum atomic E-state index is 12.9. The fourth-order valence-corrected chi connectivity index (χ4v) is 8.96. The minimum absolute atomic E-state index is 0.0651. The van der Waals surface area contributed by atoms with Crippen LogP contribution in [-0.4, -0.2) is 73.4 Å². The molecular formula is C53H108N2O6P+. The zero-order chi connectivity index (χ0) is 45.7. The number of rotatable bonds is 50. The Bertz CT molecular complexity index is 1020. The molecule has 0 aliphatic carbocycles. The normalized spacial score (nSPS) is 14.1. The molecule has 3 atom stereocenters. The molecule has 0 saturated carbocycles. The second-order valence-corrected chi connectivity index (χ2v) is 21.4.